The zero-order valence-electron chi connectivity index (χ0n) is 20.6. The normalized spacial score (nSPS) is 24.0. The van der Waals surface area contributed by atoms with Gasteiger partial charge in [0.25, 0.3) is 5.56 Å². The van der Waals surface area contributed by atoms with E-state index in [2.05, 4.69) is 15.2 Å². The van der Waals surface area contributed by atoms with Crippen LogP contribution in [0.5, 0.6) is 0 Å². The van der Waals surface area contributed by atoms with Crippen LogP contribution in [0.25, 0.3) is 6.08 Å². The van der Waals surface area contributed by atoms with Crippen molar-refractivity contribution in [2.24, 2.45) is 11.8 Å². The number of hydrogen-bond acceptors (Lipinski definition) is 5. The number of aliphatic hydroxyl groups is 1. The van der Waals surface area contributed by atoms with Crippen LogP contribution in [0, 0.1) is 11.8 Å². The number of amides is 1. The Labute approximate surface area is 211 Å². The first kappa shape index (κ1) is 24.2. The quantitative estimate of drug-likeness (QED) is 0.537. The molecule has 7 heteroatoms. The fourth-order valence-corrected chi connectivity index (χ4v) is 5.90. The average Bonchev–Trinajstić information content (AvgIpc) is 3.10. The van der Waals surface area contributed by atoms with Crippen molar-refractivity contribution >= 4 is 12.0 Å². The molecule has 36 heavy (non-hydrogen) atoms. The zero-order valence-corrected chi connectivity index (χ0v) is 20.6. The summed E-state index contributed by atoms with van der Waals surface area (Å²) >= 11 is 0. The summed E-state index contributed by atoms with van der Waals surface area (Å²) in [7, 11) is 0. The molecule has 0 spiro atoms. The summed E-state index contributed by atoms with van der Waals surface area (Å²) < 4.78 is 1.81. The Morgan fingerprint density at radius 2 is 1.92 bits per heavy atom. The number of rotatable bonds is 7. The van der Waals surface area contributed by atoms with Crippen LogP contribution in [0.2, 0.25) is 0 Å². The van der Waals surface area contributed by atoms with Crippen molar-refractivity contribution in [3.63, 3.8) is 0 Å². The van der Waals surface area contributed by atoms with E-state index in [9.17, 15) is 14.7 Å². The highest BCUT2D eigenvalue weighted by atomic mass is 16.3. The maximum absolute atomic E-state index is 13.8. The topological polar surface area (TPSA) is 87.5 Å². The van der Waals surface area contributed by atoms with Crippen LogP contribution >= 0.6 is 0 Å². The smallest absolute Gasteiger partial charge is 0.258 e. The van der Waals surface area contributed by atoms with Gasteiger partial charge >= 0.3 is 0 Å². The molecule has 186 valence electrons. The molecule has 5 atom stereocenters. The van der Waals surface area contributed by atoms with Gasteiger partial charge in [-0.25, -0.2) is 0 Å². The third-order valence-electron chi connectivity index (χ3n) is 7.62. The van der Waals surface area contributed by atoms with E-state index < -0.39 is 5.92 Å². The van der Waals surface area contributed by atoms with Gasteiger partial charge in [-0.15, -0.1) is 0 Å². The molecule has 7 nitrogen and oxygen atoms in total. The van der Waals surface area contributed by atoms with Crippen molar-refractivity contribution in [3.05, 3.63) is 106 Å². The van der Waals surface area contributed by atoms with E-state index in [-0.39, 0.29) is 42.1 Å². The van der Waals surface area contributed by atoms with E-state index in [1.807, 2.05) is 85.2 Å². The molecule has 1 aromatic carbocycles. The highest BCUT2D eigenvalue weighted by molar-refractivity contribution is 5.81. The summed E-state index contributed by atoms with van der Waals surface area (Å²) in [5.74, 6) is -0.894. The molecule has 0 saturated carbocycles. The van der Waals surface area contributed by atoms with E-state index in [1.165, 1.54) is 0 Å². The second kappa shape index (κ2) is 10.2. The monoisotopic (exact) mass is 484 g/mol. The molecule has 1 fully saturated rings. The third-order valence-corrected chi connectivity index (χ3v) is 7.62. The molecule has 2 aliphatic heterocycles. The number of allylic oxidation sites excluding steroid dienone is 1. The van der Waals surface area contributed by atoms with Crippen molar-refractivity contribution in [1.29, 1.82) is 0 Å². The number of pyridine rings is 2. The van der Waals surface area contributed by atoms with Crippen molar-refractivity contribution in [1.82, 2.24) is 19.8 Å². The summed E-state index contributed by atoms with van der Waals surface area (Å²) in [5, 5.41) is 13.7. The lowest BCUT2D eigenvalue weighted by Gasteiger charge is -2.38. The van der Waals surface area contributed by atoms with Gasteiger partial charge in [-0.1, -0.05) is 42.5 Å². The molecule has 0 unspecified atom stereocenters. The van der Waals surface area contributed by atoms with Crippen molar-refractivity contribution < 1.29 is 9.90 Å². The zero-order chi connectivity index (χ0) is 25.2. The fraction of sp³-hybridized carbons (Fsp3) is 0.345. The van der Waals surface area contributed by atoms with Gasteiger partial charge in [0.1, 0.15) is 0 Å². The van der Waals surface area contributed by atoms with Crippen LogP contribution in [0.1, 0.15) is 48.3 Å². The van der Waals surface area contributed by atoms with Crippen LogP contribution in [-0.4, -0.2) is 38.1 Å². The van der Waals surface area contributed by atoms with Crippen molar-refractivity contribution in [2.75, 3.05) is 6.61 Å². The highest BCUT2D eigenvalue weighted by Crippen LogP contribution is 2.49. The van der Waals surface area contributed by atoms with Gasteiger partial charge < -0.3 is 15.0 Å². The number of carbonyl (C=O) groups excluding carboxylic acids is 1. The number of aromatic nitrogens is 2. The van der Waals surface area contributed by atoms with Gasteiger partial charge in [-0.3, -0.25) is 19.5 Å². The van der Waals surface area contributed by atoms with Crippen LogP contribution < -0.4 is 10.9 Å². The molecule has 3 aromatic rings. The van der Waals surface area contributed by atoms with Crippen LogP contribution in [0.4, 0.5) is 0 Å². The number of nitrogens with one attached hydrogen (secondary N) is 1. The standard InChI is InChI=1S/C29H32N4O3/c1-3-7-22-10-11-24-27-26(28(35)31-19(2)21-8-5-4-6-9-21)23(18-34)25(17-33(24)29(22)36)32(27)16-20-12-14-30-15-13-20/h3-15,19,23,25-27,34H,16-18H2,1-2H3,(H,31,35)/b7-3-/t19-,23+,25+,26-,27-/m1/s1. The minimum Gasteiger partial charge on any atom is -0.396 e. The Hall–Kier alpha value is -3.55. The Morgan fingerprint density at radius 3 is 2.61 bits per heavy atom. The minimum absolute atomic E-state index is 0.0560. The molecule has 0 aliphatic carbocycles. The van der Waals surface area contributed by atoms with Gasteiger partial charge in [0.05, 0.1) is 18.0 Å². The molecule has 1 amide bonds. The Kier molecular flexibility index (Phi) is 6.85. The van der Waals surface area contributed by atoms with Gasteiger partial charge in [0.15, 0.2) is 0 Å². The predicted molar refractivity (Wildman–Crippen MR) is 139 cm³/mol. The Bertz CT molecular complexity index is 1310. The van der Waals surface area contributed by atoms with Crippen molar-refractivity contribution in [2.45, 2.75) is 45.1 Å². The molecule has 2 N–H and O–H groups in total. The molecule has 2 bridgehead atoms. The minimum atomic E-state index is -0.492. The van der Waals surface area contributed by atoms with E-state index in [1.54, 1.807) is 12.4 Å². The molecule has 4 heterocycles. The van der Waals surface area contributed by atoms with Crippen molar-refractivity contribution in [3.8, 4) is 0 Å². The fourth-order valence-electron chi connectivity index (χ4n) is 5.90. The average molecular weight is 485 g/mol. The number of fused-ring (bicyclic) bond motifs is 4. The second-order valence-corrected chi connectivity index (χ2v) is 9.68. The van der Waals surface area contributed by atoms with Gasteiger partial charge in [-0.2, -0.15) is 0 Å². The largest absolute Gasteiger partial charge is 0.396 e. The maximum atomic E-state index is 13.8. The third kappa shape index (κ3) is 4.29. The summed E-state index contributed by atoms with van der Waals surface area (Å²) in [6.07, 6.45) is 7.20. The lowest BCUT2D eigenvalue weighted by Crippen LogP contribution is -2.46. The van der Waals surface area contributed by atoms with E-state index in [0.717, 1.165) is 16.8 Å². The second-order valence-electron chi connectivity index (χ2n) is 9.68. The Morgan fingerprint density at radius 1 is 1.17 bits per heavy atom. The van der Waals surface area contributed by atoms with E-state index in [0.29, 0.717) is 18.7 Å². The van der Waals surface area contributed by atoms with Crippen LogP contribution in [0.3, 0.4) is 0 Å². The number of carbonyl (C=O) groups is 1. The number of benzene rings is 1. The highest BCUT2D eigenvalue weighted by Gasteiger charge is 2.55. The molecule has 1 saturated heterocycles. The van der Waals surface area contributed by atoms with E-state index >= 15 is 0 Å². The van der Waals surface area contributed by atoms with Gasteiger partial charge in [-0.05, 0) is 49.2 Å². The first-order valence-corrected chi connectivity index (χ1v) is 12.5. The Balaban J connectivity index is 1.55. The molecular formula is C29H32N4O3. The summed E-state index contributed by atoms with van der Waals surface area (Å²) in [5.41, 5.74) is 3.49. The predicted octanol–water partition coefficient (Wildman–Crippen LogP) is 3.32. The van der Waals surface area contributed by atoms with E-state index in [4.69, 9.17) is 0 Å². The first-order chi connectivity index (χ1) is 17.5. The molecule has 0 radical (unpaired) electrons. The maximum Gasteiger partial charge on any atom is 0.258 e. The number of hydrogen-bond donors (Lipinski definition) is 2. The molecule has 2 aromatic heterocycles. The number of aliphatic hydroxyl groups excluding tert-OH is 1. The molecule has 5 rings (SSSR count). The molecular weight excluding hydrogens is 452 g/mol. The van der Waals surface area contributed by atoms with Gasteiger partial charge in [0.2, 0.25) is 5.91 Å². The summed E-state index contributed by atoms with van der Waals surface area (Å²) in [6.45, 7) is 4.77. The lowest BCUT2D eigenvalue weighted by atomic mass is 9.86. The summed E-state index contributed by atoms with van der Waals surface area (Å²) in [6, 6.07) is 16.9. The van der Waals surface area contributed by atoms with Crippen LogP contribution in [0.15, 0.2) is 77.9 Å². The summed E-state index contributed by atoms with van der Waals surface area (Å²) in [4.78, 5) is 33.6. The molecule has 2 aliphatic rings. The van der Waals surface area contributed by atoms with Gasteiger partial charge in [0, 0.05) is 55.3 Å². The first-order valence-electron chi connectivity index (χ1n) is 12.5. The SMILES string of the molecule is C/C=C\c1ccc2n(c1=O)C[C@H]1[C@H](CO)[C@@H](C(=O)N[C@H](C)c3ccccc3)[C@@H]2N1Cc1ccncc1. The number of nitrogens with zero attached hydrogens (tertiary/aromatic N) is 3. The lowest BCUT2D eigenvalue weighted by molar-refractivity contribution is -0.128. The van der Waals surface area contributed by atoms with Crippen LogP contribution in [-0.2, 0) is 17.9 Å².